The topological polar surface area (TPSA) is 108 Å². The lowest BCUT2D eigenvalue weighted by Crippen LogP contribution is -2.20. The summed E-state index contributed by atoms with van der Waals surface area (Å²) in [6.45, 7) is 9.89. The number of amides is 1. The maximum absolute atomic E-state index is 13.1. The van der Waals surface area contributed by atoms with Gasteiger partial charge in [-0.2, -0.15) is 13.2 Å². The highest BCUT2D eigenvalue weighted by Gasteiger charge is 2.32. The van der Waals surface area contributed by atoms with Crippen LogP contribution in [0.4, 0.5) is 30.5 Å². The third-order valence-electron chi connectivity index (χ3n) is 4.67. The Balaban J connectivity index is 0.00000176. The lowest BCUT2D eigenvalue weighted by atomic mass is 9.92. The van der Waals surface area contributed by atoms with E-state index in [0.717, 1.165) is 6.07 Å². The lowest BCUT2D eigenvalue weighted by Gasteiger charge is -2.17. The number of carbonyl (C=O) groups excluding carboxylic acids is 1. The largest absolute Gasteiger partial charge is 0.433 e. The summed E-state index contributed by atoms with van der Waals surface area (Å²) in [6.07, 6.45) is -1.08. The summed E-state index contributed by atoms with van der Waals surface area (Å²) in [4.78, 5) is 31.8. The van der Waals surface area contributed by atoms with E-state index < -0.39 is 11.9 Å². The van der Waals surface area contributed by atoms with Gasteiger partial charge in [-0.25, -0.2) is 19.9 Å². The first-order chi connectivity index (χ1) is 17.0. The maximum atomic E-state index is 13.1. The summed E-state index contributed by atoms with van der Waals surface area (Å²) in [5.41, 5.74) is -0.211. The van der Waals surface area contributed by atoms with Crippen molar-refractivity contribution in [3.63, 3.8) is 0 Å². The second-order valence-electron chi connectivity index (χ2n) is 8.88. The number of pyridine rings is 2. The average molecular weight is 500 g/mol. The summed E-state index contributed by atoms with van der Waals surface area (Å²) in [5.74, 6) is 0.582. The smallest absolute Gasteiger partial charge is 0.346 e. The third kappa shape index (κ3) is 6.77. The van der Waals surface area contributed by atoms with E-state index in [0.29, 0.717) is 34.8 Å². The number of carbonyl (C=O) groups is 1. The van der Waals surface area contributed by atoms with Gasteiger partial charge in [-0.05, 0) is 29.7 Å². The molecule has 4 heterocycles. The summed E-state index contributed by atoms with van der Waals surface area (Å²) in [5, 5.41) is 6.54. The molecule has 0 unspecified atom stereocenters. The van der Waals surface area contributed by atoms with Gasteiger partial charge in [0, 0.05) is 30.6 Å². The first kappa shape index (κ1) is 26.6. The number of H-pyrrole nitrogens is 1. The third-order valence-corrected chi connectivity index (χ3v) is 4.67. The molecule has 4 aromatic heterocycles. The molecule has 0 spiro atoms. The summed E-state index contributed by atoms with van der Waals surface area (Å²) >= 11 is 0. The van der Waals surface area contributed by atoms with Crippen molar-refractivity contribution in [2.75, 3.05) is 10.6 Å². The molecule has 0 aliphatic carbocycles. The Hall–Kier alpha value is -4.02. The van der Waals surface area contributed by atoms with Crippen LogP contribution in [0.25, 0.3) is 22.6 Å². The fraction of sp³-hybridized carbons (Fsp3) is 0.320. The molecule has 0 aromatic carbocycles. The van der Waals surface area contributed by atoms with Crippen LogP contribution in [-0.4, -0.2) is 30.8 Å². The number of hydrogen-bond acceptors (Lipinski definition) is 6. The Kier molecular flexibility index (Phi) is 7.91. The molecule has 0 atom stereocenters. The second-order valence-corrected chi connectivity index (χ2v) is 8.88. The molecule has 0 saturated carbocycles. The number of halogens is 3. The van der Waals surface area contributed by atoms with E-state index in [9.17, 15) is 18.0 Å². The lowest BCUT2D eigenvalue weighted by molar-refractivity contribution is -0.141. The van der Waals surface area contributed by atoms with Crippen LogP contribution >= 0.6 is 0 Å². The highest BCUT2D eigenvalue weighted by Crippen LogP contribution is 2.31. The van der Waals surface area contributed by atoms with Gasteiger partial charge in [0.05, 0.1) is 5.39 Å². The number of aromatic amines is 1. The van der Waals surface area contributed by atoms with E-state index in [1.165, 1.54) is 18.3 Å². The molecule has 0 saturated heterocycles. The van der Waals surface area contributed by atoms with Gasteiger partial charge in [-0.3, -0.25) is 4.79 Å². The molecule has 36 heavy (non-hydrogen) atoms. The quantitative estimate of drug-likeness (QED) is 0.286. The van der Waals surface area contributed by atoms with Crippen molar-refractivity contribution in [1.82, 2.24) is 24.9 Å². The predicted molar refractivity (Wildman–Crippen MR) is 134 cm³/mol. The molecule has 8 nitrogen and oxygen atoms in total. The van der Waals surface area contributed by atoms with Crippen molar-refractivity contribution in [3.8, 4) is 11.5 Å². The van der Waals surface area contributed by atoms with Crippen LogP contribution in [0.1, 0.15) is 46.7 Å². The van der Waals surface area contributed by atoms with E-state index in [-0.39, 0.29) is 22.8 Å². The van der Waals surface area contributed by atoms with E-state index in [4.69, 9.17) is 0 Å². The van der Waals surface area contributed by atoms with Crippen molar-refractivity contribution in [3.05, 3.63) is 54.5 Å². The first-order valence-electron chi connectivity index (χ1n) is 11.4. The molecular formula is C25H28F3N7O. The molecule has 0 fully saturated rings. The van der Waals surface area contributed by atoms with Crippen molar-refractivity contribution < 1.29 is 18.0 Å². The zero-order valence-electron chi connectivity index (χ0n) is 20.7. The van der Waals surface area contributed by atoms with Crippen LogP contribution < -0.4 is 10.6 Å². The number of hydrogen-bond donors (Lipinski definition) is 3. The Bertz CT molecular complexity index is 1340. The molecule has 0 aliphatic rings. The minimum atomic E-state index is -4.58. The number of alkyl halides is 3. The van der Waals surface area contributed by atoms with Gasteiger partial charge in [-0.1, -0.05) is 40.7 Å². The zero-order chi connectivity index (χ0) is 26.5. The Morgan fingerprint density at radius 1 is 1.03 bits per heavy atom. The van der Waals surface area contributed by atoms with Crippen LogP contribution in [0.5, 0.6) is 0 Å². The molecule has 4 aromatic rings. The van der Waals surface area contributed by atoms with Crippen LogP contribution in [0, 0.1) is 5.41 Å². The van der Waals surface area contributed by atoms with Gasteiger partial charge in [0.25, 0.3) is 0 Å². The minimum Gasteiger partial charge on any atom is -0.346 e. The Morgan fingerprint density at radius 3 is 2.47 bits per heavy atom. The molecule has 0 bridgehead atoms. The number of fused-ring (bicyclic) bond motifs is 1. The van der Waals surface area contributed by atoms with Crippen molar-refractivity contribution in [1.29, 1.82) is 0 Å². The fourth-order valence-corrected chi connectivity index (χ4v) is 3.25. The monoisotopic (exact) mass is 499 g/mol. The first-order valence-corrected chi connectivity index (χ1v) is 11.4. The van der Waals surface area contributed by atoms with Crippen LogP contribution in [-0.2, 0) is 11.0 Å². The highest BCUT2D eigenvalue weighted by molar-refractivity contribution is 5.92. The maximum Gasteiger partial charge on any atom is 0.433 e. The molecule has 1 amide bonds. The van der Waals surface area contributed by atoms with E-state index in [1.807, 2.05) is 34.6 Å². The van der Waals surface area contributed by atoms with E-state index in [2.05, 4.69) is 35.6 Å². The standard InChI is InChI=1S/C23H22F3N7O.C2H6/c1-22(2,3)12-18(34)31-17-11-13(7-9-27-17)29-20-14-8-10-28-19(14)32-21(33-20)15-5-4-6-16(30-15)23(24,25)26;1-2/h4-11H,12H2,1-3H3,(H3,27,28,29,31,32,33,34);1-2H3. The van der Waals surface area contributed by atoms with Crippen LogP contribution in [0.15, 0.2) is 48.8 Å². The number of aromatic nitrogens is 5. The van der Waals surface area contributed by atoms with Gasteiger partial charge >= 0.3 is 6.18 Å². The summed E-state index contributed by atoms with van der Waals surface area (Å²) in [6, 6.07) is 8.64. The van der Waals surface area contributed by atoms with E-state index in [1.54, 1.807) is 24.4 Å². The molecule has 0 aliphatic heterocycles. The number of rotatable bonds is 5. The molecule has 0 radical (unpaired) electrons. The van der Waals surface area contributed by atoms with Gasteiger partial charge in [-0.15, -0.1) is 0 Å². The van der Waals surface area contributed by atoms with Crippen molar-refractivity contribution in [2.45, 2.75) is 47.2 Å². The van der Waals surface area contributed by atoms with Gasteiger partial charge < -0.3 is 15.6 Å². The predicted octanol–water partition coefficient (Wildman–Crippen LogP) is 6.58. The zero-order valence-corrected chi connectivity index (χ0v) is 20.7. The SMILES string of the molecule is CC.CC(C)(C)CC(=O)Nc1cc(Nc2nc(-c3cccc(C(F)(F)F)n3)nc3[nH]ccc23)ccn1. The summed E-state index contributed by atoms with van der Waals surface area (Å²) in [7, 11) is 0. The van der Waals surface area contributed by atoms with Crippen LogP contribution in [0.3, 0.4) is 0 Å². The highest BCUT2D eigenvalue weighted by atomic mass is 19.4. The van der Waals surface area contributed by atoms with Crippen LogP contribution in [0.2, 0.25) is 0 Å². The second kappa shape index (κ2) is 10.7. The number of nitrogens with one attached hydrogen (secondary N) is 3. The molecule has 190 valence electrons. The van der Waals surface area contributed by atoms with Crippen molar-refractivity contribution >= 4 is 34.3 Å². The molecule has 11 heteroatoms. The molecule has 3 N–H and O–H groups in total. The average Bonchev–Trinajstić information content (AvgIpc) is 3.28. The van der Waals surface area contributed by atoms with Gasteiger partial charge in [0.2, 0.25) is 5.91 Å². The Morgan fingerprint density at radius 2 is 1.78 bits per heavy atom. The number of anilines is 3. The normalized spacial score (nSPS) is 11.6. The van der Waals surface area contributed by atoms with Gasteiger partial charge in [0.15, 0.2) is 5.82 Å². The Labute approximate surface area is 206 Å². The van der Waals surface area contributed by atoms with Crippen molar-refractivity contribution in [2.24, 2.45) is 5.41 Å². The molecular weight excluding hydrogens is 471 g/mol. The fourth-order valence-electron chi connectivity index (χ4n) is 3.25. The number of nitrogens with zero attached hydrogens (tertiary/aromatic N) is 4. The minimum absolute atomic E-state index is 0.0146. The summed E-state index contributed by atoms with van der Waals surface area (Å²) < 4.78 is 39.3. The van der Waals surface area contributed by atoms with E-state index >= 15 is 0 Å². The van der Waals surface area contributed by atoms with Gasteiger partial charge in [0.1, 0.15) is 28.7 Å². The molecule has 4 rings (SSSR count).